The van der Waals surface area contributed by atoms with Crippen molar-refractivity contribution in [1.82, 2.24) is 4.90 Å². The lowest BCUT2D eigenvalue weighted by molar-refractivity contribution is -0.438. The molecule has 3 aromatic rings. The van der Waals surface area contributed by atoms with Crippen molar-refractivity contribution in [3.8, 4) is 5.75 Å². The number of hydrogen-bond donors (Lipinski definition) is 3. The molecule has 0 fully saturated rings. The van der Waals surface area contributed by atoms with Crippen LogP contribution in [-0.2, 0) is 35.8 Å². The van der Waals surface area contributed by atoms with Crippen molar-refractivity contribution >= 4 is 75.5 Å². The number of benzene rings is 3. The van der Waals surface area contributed by atoms with Crippen LogP contribution in [0.25, 0.3) is 16.3 Å². The zero-order valence-corrected chi connectivity index (χ0v) is 40.9. The first-order valence-electron chi connectivity index (χ1n) is 21.8. The Morgan fingerprint density at radius 1 is 0.862 bits per heavy atom. The molecular weight excluding hydrogens is 910 g/mol. The van der Waals surface area contributed by atoms with Gasteiger partial charge in [0.1, 0.15) is 18.1 Å². The number of ether oxygens (including phenoxy) is 1. The molecule has 3 heterocycles. The maximum atomic E-state index is 12.5. The molecule has 0 atom stereocenters. The van der Waals surface area contributed by atoms with Gasteiger partial charge in [0.2, 0.25) is 5.69 Å². The second kappa shape index (κ2) is 19.8. The van der Waals surface area contributed by atoms with Gasteiger partial charge in [-0.25, -0.2) is 4.99 Å². The normalized spacial score (nSPS) is 18.1. The van der Waals surface area contributed by atoms with Crippen LogP contribution in [0.4, 0.5) is 5.69 Å². The summed E-state index contributed by atoms with van der Waals surface area (Å²) in [6, 6.07) is 14.7. The fourth-order valence-electron chi connectivity index (χ4n) is 8.75. The molecule has 0 radical (unpaired) electrons. The summed E-state index contributed by atoms with van der Waals surface area (Å²) in [5.41, 5.74) is 5.24. The summed E-state index contributed by atoms with van der Waals surface area (Å²) >= 11 is 6.63. The molecule has 13 nitrogen and oxygen atoms in total. The van der Waals surface area contributed by atoms with E-state index in [1.54, 1.807) is 13.1 Å². The minimum atomic E-state index is -4.53. The highest BCUT2D eigenvalue weighted by molar-refractivity contribution is 7.86. The quantitative estimate of drug-likeness (QED) is 0.0423. The lowest BCUT2D eigenvalue weighted by Crippen LogP contribution is -2.32. The van der Waals surface area contributed by atoms with Crippen molar-refractivity contribution in [2.75, 3.05) is 31.2 Å². The summed E-state index contributed by atoms with van der Waals surface area (Å²) in [7, 11) is -12.8. The van der Waals surface area contributed by atoms with Gasteiger partial charge in [-0.05, 0) is 122 Å². The summed E-state index contributed by atoms with van der Waals surface area (Å²) in [4.78, 5) is 6.81. The molecule has 17 heteroatoms. The van der Waals surface area contributed by atoms with Crippen LogP contribution in [0, 0.1) is 12.3 Å². The number of fused-ring (bicyclic) bond motifs is 4. The van der Waals surface area contributed by atoms with E-state index in [4.69, 9.17) is 21.3 Å². The Kier molecular flexibility index (Phi) is 15.2. The minimum absolute atomic E-state index is 0.210. The molecule has 0 spiro atoms. The zero-order chi connectivity index (χ0) is 47.5. The number of allylic oxidation sites excluding steroid dienone is 8. The fraction of sp³-hybridized carbons (Fsp3) is 0.417. The number of hydrogen-bond acceptors (Lipinski definition) is 9. The molecular formula is C48H59ClN3O10S3+. The average molecular weight is 970 g/mol. The van der Waals surface area contributed by atoms with E-state index in [1.807, 2.05) is 71.7 Å². The van der Waals surface area contributed by atoms with Gasteiger partial charge < -0.3 is 9.64 Å². The standard InChI is InChI=1S/C48H58ClN3O10S3/c1-7-8-11-25-62-37-16-14-15-35(29-37)34(17-21-43-47(3,4)41-30-36(49)32-51(46(41)50-43)23-9-12-26-63(53,54)55)18-22-44-48(5,6)45-40-31-38(65(59,60)61)28-33(2)39(40)19-20-42(45)52(44)24-10-13-27-64(56,57)58/h14-22,28-32H,7-13,23-27H2,1-6H3,(H2-,53,54,55,56,57,58,59,60,61)/p+1. The first kappa shape index (κ1) is 50.0. The van der Waals surface area contributed by atoms with Crippen LogP contribution in [0.2, 0.25) is 0 Å². The highest BCUT2D eigenvalue weighted by Crippen LogP contribution is 2.47. The molecule has 0 unspecified atom stereocenters. The van der Waals surface area contributed by atoms with Gasteiger partial charge in [-0.2, -0.15) is 29.8 Å². The number of aliphatic imine (C=N–C) groups is 1. The van der Waals surface area contributed by atoms with Crippen LogP contribution >= 0.6 is 11.6 Å². The molecule has 0 aliphatic carbocycles. The van der Waals surface area contributed by atoms with Crippen molar-refractivity contribution in [2.24, 2.45) is 10.4 Å². The highest BCUT2D eigenvalue weighted by Gasteiger charge is 2.46. The van der Waals surface area contributed by atoms with Crippen molar-refractivity contribution < 1.29 is 48.2 Å². The topological polar surface area (TPSA) is 191 Å². The molecule has 0 bridgehead atoms. The van der Waals surface area contributed by atoms with E-state index in [0.29, 0.717) is 60.1 Å². The van der Waals surface area contributed by atoms with E-state index < -0.39 is 41.2 Å². The Morgan fingerprint density at radius 3 is 2.25 bits per heavy atom. The minimum Gasteiger partial charge on any atom is -0.494 e. The predicted molar refractivity (Wildman–Crippen MR) is 259 cm³/mol. The summed E-state index contributed by atoms with van der Waals surface area (Å²) in [6.45, 7) is 13.6. The van der Waals surface area contributed by atoms with Crippen LogP contribution in [0.5, 0.6) is 5.75 Å². The van der Waals surface area contributed by atoms with Gasteiger partial charge >= 0.3 is 0 Å². The van der Waals surface area contributed by atoms with Gasteiger partial charge in [-0.3, -0.25) is 13.7 Å². The molecule has 3 N–H and O–H groups in total. The second-order valence-corrected chi connectivity index (χ2v) is 22.8. The van der Waals surface area contributed by atoms with E-state index in [9.17, 15) is 38.9 Å². The van der Waals surface area contributed by atoms with Crippen molar-refractivity contribution in [3.05, 3.63) is 118 Å². The number of amidine groups is 1. The molecule has 3 aliphatic heterocycles. The van der Waals surface area contributed by atoms with E-state index in [2.05, 4.69) is 39.2 Å². The molecule has 6 rings (SSSR count). The zero-order valence-electron chi connectivity index (χ0n) is 37.7. The smallest absolute Gasteiger partial charge is 0.294 e. The van der Waals surface area contributed by atoms with Gasteiger partial charge in [0.15, 0.2) is 5.71 Å². The maximum absolute atomic E-state index is 12.5. The number of halogens is 1. The van der Waals surface area contributed by atoms with E-state index >= 15 is 0 Å². The Balaban J connectivity index is 1.47. The summed E-state index contributed by atoms with van der Waals surface area (Å²) in [5, 5.41) is 2.00. The third-order valence-corrected chi connectivity index (χ3v) is 14.8. The Morgan fingerprint density at radius 2 is 1.57 bits per heavy atom. The second-order valence-electron chi connectivity index (χ2n) is 17.8. The first-order chi connectivity index (χ1) is 30.4. The Labute approximate surface area is 388 Å². The average Bonchev–Trinajstić information content (AvgIpc) is 3.59. The molecule has 0 amide bonds. The number of aryl methyl sites for hydroxylation is 1. The predicted octanol–water partition coefficient (Wildman–Crippen LogP) is 9.96. The first-order valence-corrected chi connectivity index (χ1v) is 26.8. The molecule has 0 saturated heterocycles. The van der Waals surface area contributed by atoms with Gasteiger partial charge in [-0.1, -0.05) is 63.4 Å². The van der Waals surface area contributed by atoms with Crippen LogP contribution in [0.1, 0.15) is 96.3 Å². The van der Waals surface area contributed by atoms with E-state index in [-0.39, 0.29) is 29.2 Å². The monoisotopic (exact) mass is 968 g/mol. The highest BCUT2D eigenvalue weighted by atomic mass is 35.5. The van der Waals surface area contributed by atoms with Gasteiger partial charge in [0.05, 0.1) is 39.2 Å². The summed E-state index contributed by atoms with van der Waals surface area (Å²) in [6.07, 6.45) is 16.1. The maximum Gasteiger partial charge on any atom is 0.294 e. The van der Waals surface area contributed by atoms with E-state index in [1.165, 1.54) is 12.1 Å². The van der Waals surface area contributed by atoms with Gasteiger partial charge in [0, 0.05) is 47.9 Å². The lowest BCUT2D eigenvalue weighted by Gasteiger charge is -2.29. The van der Waals surface area contributed by atoms with Crippen LogP contribution in [0.15, 0.2) is 111 Å². The third-order valence-electron chi connectivity index (χ3n) is 12.2. The Bertz CT molecular complexity index is 2930. The molecule has 3 aliphatic rings. The molecule has 0 saturated carbocycles. The summed E-state index contributed by atoms with van der Waals surface area (Å²) in [5.74, 6) is 0.693. The van der Waals surface area contributed by atoms with Crippen molar-refractivity contribution in [1.29, 1.82) is 0 Å². The van der Waals surface area contributed by atoms with Crippen molar-refractivity contribution in [2.45, 2.75) is 96.8 Å². The van der Waals surface area contributed by atoms with E-state index in [0.717, 1.165) is 64.0 Å². The molecule has 3 aromatic carbocycles. The molecule has 350 valence electrons. The Hall–Kier alpha value is -4.42. The largest absolute Gasteiger partial charge is 0.494 e. The summed E-state index contributed by atoms with van der Waals surface area (Å²) < 4.78 is 108. The molecule has 65 heavy (non-hydrogen) atoms. The van der Waals surface area contributed by atoms with Gasteiger partial charge in [-0.15, -0.1) is 0 Å². The number of unbranched alkanes of at least 4 members (excludes halogenated alkanes) is 4. The third kappa shape index (κ3) is 11.9. The van der Waals surface area contributed by atoms with Crippen LogP contribution in [-0.4, -0.2) is 91.1 Å². The molecule has 0 aromatic heterocycles. The lowest BCUT2D eigenvalue weighted by atomic mass is 9.78. The SMILES string of the molecule is CCCCCOc1cccc(C(=C\C=C2\N=C3C(=CC(Cl)=CN3CCCCS(=O)(=O)O)C2(C)C)/C=C/C2=[N+](CCCCS(=O)(=O)O)c3ccc4c(C)cc(S(=O)(=O)O)cc4c3C2(C)C)c1. The van der Waals surface area contributed by atoms with Gasteiger partial charge in [0.25, 0.3) is 30.4 Å². The van der Waals surface area contributed by atoms with Crippen LogP contribution in [0.3, 0.4) is 0 Å². The number of nitrogens with zero attached hydrogens (tertiary/aromatic N) is 3. The van der Waals surface area contributed by atoms with Crippen LogP contribution < -0.4 is 4.74 Å². The van der Waals surface area contributed by atoms with Crippen molar-refractivity contribution in [3.63, 3.8) is 0 Å². The number of rotatable bonds is 20. The fourth-order valence-corrected chi connectivity index (χ4v) is 10.7.